The summed E-state index contributed by atoms with van der Waals surface area (Å²) in [6.45, 7) is 2.20. The first-order valence-electron chi connectivity index (χ1n) is 9.03. The molecule has 1 N–H and O–H groups in total. The average Bonchev–Trinajstić information content (AvgIpc) is 3.15. The van der Waals surface area contributed by atoms with Gasteiger partial charge in [0.15, 0.2) is 5.65 Å². The van der Waals surface area contributed by atoms with Crippen molar-refractivity contribution in [2.75, 3.05) is 0 Å². The first-order chi connectivity index (χ1) is 14.0. The number of nitrogens with zero attached hydrogens (tertiary/aromatic N) is 4. The smallest absolute Gasteiger partial charge is 0.264 e. The molecule has 0 spiro atoms. The van der Waals surface area contributed by atoms with Crippen molar-refractivity contribution in [3.8, 4) is 5.69 Å². The third kappa shape index (κ3) is 3.90. The minimum atomic E-state index is -0.309. The maximum atomic E-state index is 12.8. The maximum Gasteiger partial charge on any atom is 0.264 e. The molecule has 7 nitrogen and oxygen atoms in total. The van der Waals surface area contributed by atoms with E-state index in [1.165, 1.54) is 17.1 Å². The first-order valence-corrected chi connectivity index (χ1v) is 9.41. The Balaban J connectivity index is 1.54. The molecule has 4 aromatic rings. The maximum absolute atomic E-state index is 12.8. The Labute approximate surface area is 171 Å². The molecule has 0 saturated carbocycles. The number of hydrogen-bond donors (Lipinski definition) is 1. The van der Waals surface area contributed by atoms with Gasteiger partial charge in [0.05, 0.1) is 11.9 Å². The predicted molar refractivity (Wildman–Crippen MR) is 111 cm³/mol. The Bertz CT molecular complexity index is 1240. The van der Waals surface area contributed by atoms with Gasteiger partial charge in [0.1, 0.15) is 18.3 Å². The van der Waals surface area contributed by atoms with Crippen molar-refractivity contribution < 1.29 is 4.79 Å². The molecule has 29 heavy (non-hydrogen) atoms. The topological polar surface area (TPSA) is 81.8 Å². The quantitative estimate of drug-likeness (QED) is 0.551. The lowest BCUT2D eigenvalue weighted by Crippen LogP contribution is -2.32. The number of halogens is 1. The molecule has 0 aliphatic heterocycles. The number of benzene rings is 2. The van der Waals surface area contributed by atoms with Crippen LogP contribution < -0.4 is 10.9 Å². The number of amides is 1. The average molecular weight is 408 g/mol. The molecule has 0 aliphatic carbocycles. The highest BCUT2D eigenvalue weighted by Crippen LogP contribution is 2.17. The molecule has 8 heteroatoms. The number of aromatic nitrogens is 4. The number of para-hydroxylation sites is 1. The molecule has 0 bridgehead atoms. The number of rotatable bonds is 5. The third-order valence-electron chi connectivity index (χ3n) is 4.62. The van der Waals surface area contributed by atoms with E-state index >= 15 is 0 Å². The Kier molecular flexibility index (Phi) is 5.14. The van der Waals surface area contributed by atoms with Gasteiger partial charge in [0.2, 0.25) is 5.91 Å². The molecule has 1 amide bonds. The fourth-order valence-corrected chi connectivity index (χ4v) is 3.18. The highest BCUT2D eigenvalue weighted by Gasteiger charge is 2.14. The molecule has 2 aromatic carbocycles. The molecule has 0 radical (unpaired) electrons. The van der Waals surface area contributed by atoms with Crippen LogP contribution in [0.1, 0.15) is 11.1 Å². The van der Waals surface area contributed by atoms with Crippen LogP contribution in [0.4, 0.5) is 0 Å². The van der Waals surface area contributed by atoms with Gasteiger partial charge in [-0.05, 0) is 36.2 Å². The van der Waals surface area contributed by atoms with Crippen LogP contribution in [0.5, 0.6) is 0 Å². The number of carbonyl (C=O) groups excluding carboxylic acids is 1. The number of nitrogens with one attached hydrogen (secondary N) is 1. The second-order valence-corrected chi connectivity index (χ2v) is 7.10. The van der Waals surface area contributed by atoms with Gasteiger partial charge in [-0.15, -0.1) is 0 Å². The van der Waals surface area contributed by atoms with E-state index in [0.717, 1.165) is 16.8 Å². The van der Waals surface area contributed by atoms with Gasteiger partial charge in [0.25, 0.3) is 5.56 Å². The van der Waals surface area contributed by atoms with Crippen LogP contribution in [0, 0.1) is 6.92 Å². The molecule has 2 heterocycles. The van der Waals surface area contributed by atoms with E-state index in [1.807, 2.05) is 43.3 Å². The lowest BCUT2D eigenvalue weighted by Gasteiger charge is -2.09. The molecule has 0 aliphatic rings. The molecule has 146 valence electrons. The van der Waals surface area contributed by atoms with E-state index in [9.17, 15) is 9.59 Å². The van der Waals surface area contributed by atoms with Crippen molar-refractivity contribution >= 4 is 28.5 Å². The lowest BCUT2D eigenvalue weighted by atomic mass is 10.2. The third-order valence-corrected chi connectivity index (χ3v) is 4.87. The van der Waals surface area contributed by atoms with E-state index in [2.05, 4.69) is 15.4 Å². The van der Waals surface area contributed by atoms with Crippen LogP contribution in [0.15, 0.2) is 65.8 Å². The zero-order chi connectivity index (χ0) is 20.4. The van der Waals surface area contributed by atoms with E-state index in [4.69, 9.17) is 11.6 Å². The van der Waals surface area contributed by atoms with Gasteiger partial charge in [-0.1, -0.05) is 41.9 Å². The van der Waals surface area contributed by atoms with Crippen molar-refractivity contribution in [3.05, 3.63) is 87.6 Å². The molecule has 0 fully saturated rings. The highest BCUT2D eigenvalue weighted by molar-refractivity contribution is 6.30. The summed E-state index contributed by atoms with van der Waals surface area (Å²) in [6.07, 6.45) is 2.86. The molecule has 4 rings (SSSR count). The number of aryl methyl sites for hydroxylation is 1. The van der Waals surface area contributed by atoms with E-state index in [0.29, 0.717) is 22.6 Å². The molecule has 2 aromatic heterocycles. The van der Waals surface area contributed by atoms with Crippen LogP contribution in [0.2, 0.25) is 5.02 Å². The van der Waals surface area contributed by atoms with Crippen LogP contribution in [0.3, 0.4) is 0 Å². The van der Waals surface area contributed by atoms with Gasteiger partial charge in [-0.3, -0.25) is 14.2 Å². The van der Waals surface area contributed by atoms with Crippen LogP contribution in [-0.2, 0) is 17.9 Å². The van der Waals surface area contributed by atoms with Gasteiger partial charge < -0.3 is 5.32 Å². The summed E-state index contributed by atoms with van der Waals surface area (Å²) in [5.41, 5.74) is 2.94. The summed E-state index contributed by atoms with van der Waals surface area (Å²) in [5.74, 6) is -0.283. The fourth-order valence-electron chi connectivity index (χ4n) is 3.05. The largest absolute Gasteiger partial charge is 0.350 e. The second-order valence-electron chi connectivity index (χ2n) is 6.66. The summed E-state index contributed by atoms with van der Waals surface area (Å²) in [6, 6.07) is 14.9. The van der Waals surface area contributed by atoms with E-state index in [-0.39, 0.29) is 18.0 Å². The van der Waals surface area contributed by atoms with Crippen molar-refractivity contribution in [2.24, 2.45) is 0 Å². The summed E-state index contributed by atoms with van der Waals surface area (Å²) >= 11 is 5.86. The Morgan fingerprint density at radius 1 is 1.14 bits per heavy atom. The number of fused-ring (bicyclic) bond motifs is 1. The number of carbonyl (C=O) groups is 1. The molecule has 0 atom stereocenters. The first kappa shape index (κ1) is 18.9. The zero-order valence-corrected chi connectivity index (χ0v) is 16.4. The minimum absolute atomic E-state index is 0.120. The van der Waals surface area contributed by atoms with Gasteiger partial charge in [0, 0.05) is 11.6 Å². The number of hydrogen-bond acceptors (Lipinski definition) is 4. The summed E-state index contributed by atoms with van der Waals surface area (Å²) in [5, 5.41) is 8.11. The SMILES string of the molecule is Cc1ccccc1-n1ncc2c(=O)n(CC(=O)NCc3ccc(Cl)cc3)cnc21. The van der Waals surface area contributed by atoms with Crippen molar-refractivity contribution in [2.45, 2.75) is 20.0 Å². The van der Waals surface area contributed by atoms with Gasteiger partial charge in [-0.25, -0.2) is 9.67 Å². The summed E-state index contributed by atoms with van der Waals surface area (Å²) in [4.78, 5) is 29.4. The van der Waals surface area contributed by atoms with Crippen molar-refractivity contribution in [1.29, 1.82) is 0 Å². The van der Waals surface area contributed by atoms with Gasteiger partial charge in [-0.2, -0.15) is 5.10 Å². The second kappa shape index (κ2) is 7.89. The Morgan fingerprint density at radius 2 is 1.90 bits per heavy atom. The van der Waals surface area contributed by atoms with Crippen molar-refractivity contribution in [3.63, 3.8) is 0 Å². The zero-order valence-electron chi connectivity index (χ0n) is 15.7. The Hall–Kier alpha value is -3.45. The predicted octanol–water partition coefficient (Wildman–Crippen LogP) is 2.86. The molecular weight excluding hydrogens is 390 g/mol. The fraction of sp³-hybridized carbons (Fsp3) is 0.143. The van der Waals surface area contributed by atoms with E-state index in [1.54, 1.807) is 16.8 Å². The lowest BCUT2D eigenvalue weighted by molar-refractivity contribution is -0.121. The van der Waals surface area contributed by atoms with E-state index < -0.39 is 0 Å². The highest BCUT2D eigenvalue weighted by atomic mass is 35.5. The molecular formula is C21H18ClN5O2. The summed E-state index contributed by atoms with van der Waals surface area (Å²) in [7, 11) is 0. The monoisotopic (exact) mass is 407 g/mol. The van der Waals surface area contributed by atoms with Crippen LogP contribution in [-0.4, -0.2) is 25.2 Å². The van der Waals surface area contributed by atoms with Gasteiger partial charge >= 0.3 is 0 Å². The standard InChI is InChI=1S/C21H18ClN5O2/c1-14-4-2-3-5-18(14)27-20-17(11-25-27)21(29)26(13-24-20)12-19(28)23-10-15-6-8-16(22)9-7-15/h2-9,11,13H,10,12H2,1H3,(H,23,28). The minimum Gasteiger partial charge on any atom is -0.350 e. The Morgan fingerprint density at radius 3 is 2.66 bits per heavy atom. The molecule has 0 unspecified atom stereocenters. The normalized spacial score (nSPS) is 11.0. The summed E-state index contributed by atoms with van der Waals surface area (Å²) < 4.78 is 2.92. The van der Waals surface area contributed by atoms with Crippen molar-refractivity contribution in [1.82, 2.24) is 24.6 Å². The van der Waals surface area contributed by atoms with Crippen LogP contribution in [0.25, 0.3) is 16.7 Å². The van der Waals surface area contributed by atoms with Crippen LogP contribution >= 0.6 is 11.6 Å². The molecule has 0 saturated heterocycles.